The van der Waals surface area contributed by atoms with Crippen molar-refractivity contribution in [2.24, 2.45) is 4.99 Å². The molecule has 0 aromatic carbocycles. The summed E-state index contributed by atoms with van der Waals surface area (Å²) in [5.74, 6) is 1.11. The molecule has 0 aliphatic carbocycles. The summed E-state index contributed by atoms with van der Waals surface area (Å²) in [5.41, 5.74) is 0. The monoisotopic (exact) mass is 202 g/mol. The van der Waals surface area contributed by atoms with E-state index in [9.17, 15) is 0 Å². The van der Waals surface area contributed by atoms with Crippen LogP contribution in [0.1, 0.15) is 20.3 Å². The van der Waals surface area contributed by atoms with Crippen LogP contribution in [-0.4, -0.2) is 36.7 Å². The van der Waals surface area contributed by atoms with E-state index in [-0.39, 0.29) is 0 Å². The minimum absolute atomic E-state index is 0.455. The van der Waals surface area contributed by atoms with Crippen LogP contribution >= 0.6 is 11.8 Å². The third-order valence-corrected chi connectivity index (χ3v) is 3.07. The molecule has 0 radical (unpaired) electrons. The Morgan fingerprint density at radius 1 is 1.77 bits per heavy atom. The normalized spacial score (nSPS) is 24.2. The second-order valence-corrected chi connectivity index (χ2v) is 4.43. The average molecular weight is 202 g/mol. The Balaban J connectivity index is 2.20. The molecule has 1 aliphatic rings. The van der Waals surface area contributed by atoms with Gasteiger partial charge in [0.15, 0.2) is 5.17 Å². The predicted octanol–water partition coefficient (Wildman–Crippen LogP) is 1.49. The van der Waals surface area contributed by atoms with Crippen molar-refractivity contribution in [1.82, 2.24) is 5.32 Å². The van der Waals surface area contributed by atoms with Gasteiger partial charge in [0.05, 0.1) is 6.04 Å². The predicted molar refractivity (Wildman–Crippen MR) is 58.4 cm³/mol. The lowest BCUT2D eigenvalue weighted by Crippen LogP contribution is -2.30. The van der Waals surface area contributed by atoms with Crippen LogP contribution in [-0.2, 0) is 4.74 Å². The molecule has 1 aliphatic heterocycles. The molecule has 0 fully saturated rings. The minimum atomic E-state index is 0.455. The summed E-state index contributed by atoms with van der Waals surface area (Å²) in [6.45, 7) is 5.11. The summed E-state index contributed by atoms with van der Waals surface area (Å²) >= 11 is 1.81. The Hall–Kier alpha value is -0.220. The highest BCUT2D eigenvalue weighted by atomic mass is 32.2. The topological polar surface area (TPSA) is 33.6 Å². The van der Waals surface area contributed by atoms with Crippen molar-refractivity contribution in [2.45, 2.75) is 32.4 Å². The third-order valence-electron chi connectivity index (χ3n) is 1.92. The van der Waals surface area contributed by atoms with Gasteiger partial charge < -0.3 is 10.1 Å². The molecule has 76 valence electrons. The standard InChI is InChI=1S/C9H18N2OS/c1-7(4-5-12-3)10-9-11-8(2)6-13-9/h7-8H,4-6H2,1-3H3,(H,10,11). The molecule has 2 unspecified atom stereocenters. The fourth-order valence-corrected chi connectivity index (χ4v) is 2.14. The van der Waals surface area contributed by atoms with Gasteiger partial charge >= 0.3 is 0 Å². The number of thioether (sulfide) groups is 1. The van der Waals surface area contributed by atoms with Crippen molar-refractivity contribution in [3.05, 3.63) is 0 Å². The molecule has 0 bridgehead atoms. The zero-order valence-corrected chi connectivity index (χ0v) is 9.36. The first kappa shape index (κ1) is 10.9. The maximum Gasteiger partial charge on any atom is 0.157 e. The second-order valence-electron chi connectivity index (χ2n) is 3.42. The smallest absolute Gasteiger partial charge is 0.157 e. The van der Waals surface area contributed by atoms with Crippen molar-refractivity contribution < 1.29 is 4.74 Å². The van der Waals surface area contributed by atoms with E-state index >= 15 is 0 Å². The van der Waals surface area contributed by atoms with E-state index in [0.29, 0.717) is 12.1 Å². The number of rotatable bonds is 4. The average Bonchev–Trinajstić information content (AvgIpc) is 2.48. The Kier molecular flexibility index (Phi) is 4.59. The van der Waals surface area contributed by atoms with Gasteiger partial charge in [0.2, 0.25) is 0 Å². The molecule has 1 N–H and O–H groups in total. The Bertz CT molecular complexity index is 184. The summed E-state index contributed by atoms with van der Waals surface area (Å²) in [4.78, 5) is 4.46. The van der Waals surface area contributed by atoms with Crippen LogP contribution in [0.4, 0.5) is 0 Å². The molecule has 1 heterocycles. The number of nitrogens with zero attached hydrogens (tertiary/aromatic N) is 1. The number of nitrogens with one attached hydrogen (secondary N) is 1. The van der Waals surface area contributed by atoms with Crippen molar-refractivity contribution in [3.8, 4) is 0 Å². The van der Waals surface area contributed by atoms with Gasteiger partial charge in [0.25, 0.3) is 0 Å². The first-order chi connectivity index (χ1) is 6.22. The van der Waals surface area contributed by atoms with Crippen molar-refractivity contribution in [2.75, 3.05) is 19.5 Å². The minimum Gasteiger partial charge on any atom is -0.385 e. The molecule has 0 saturated carbocycles. The molecule has 0 aromatic rings. The highest BCUT2D eigenvalue weighted by molar-refractivity contribution is 8.14. The number of hydrogen-bond acceptors (Lipinski definition) is 4. The van der Waals surface area contributed by atoms with E-state index in [2.05, 4.69) is 24.2 Å². The van der Waals surface area contributed by atoms with Crippen molar-refractivity contribution in [1.29, 1.82) is 0 Å². The van der Waals surface area contributed by atoms with Crippen LogP contribution < -0.4 is 5.32 Å². The summed E-state index contributed by atoms with van der Waals surface area (Å²) < 4.78 is 5.01. The van der Waals surface area contributed by atoms with Gasteiger partial charge in [-0.1, -0.05) is 11.8 Å². The fraction of sp³-hybridized carbons (Fsp3) is 0.889. The van der Waals surface area contributed by atoms with Crippen LogP contribution in [0.5, 0.6) is 0 Å². The summed E-state index contributed by atoms with van der Waals surface area (Å²) in [6, 6.07) is 0.929. The largest absolute Gasteiger partial charge is 0.385 e. The number of hydrogen-bond donors (Lipinski definition) is 1. The Labute approximate surface area is 84.3 Å². The highest BCUT2D eigenvalue weighted by Gasteiger charge is 2.14. The molecule has 4 heteroatoms. The van der Waals surface area contributed by atoms with Gasteiger partial charge in [-0.3, -0.25) is 4.99 Å². The van der Waals surface area contributed by atoms with Gasteiger partial charge in [0.1, 0.15) is 0 Å². The van der Waals surface area contributed by atoms with Gasteiger partial charge in [-0.25, -0.2) is 0 Å². The molecule has 3 nitrogen and oxygen atoms in total. The van der Waals surface area contributed by atoms with Crippen LogP contribution in [0.2, 0.25) is 0 Å². The summed E-state index contributed by atoms with van der Waals surface area (Å²) in [5, 5.41) is 4.47. The van der Waals surface area contributed by atoms with Crippen molar-refractivity contribution in [3.63, 3.8) is 0 Å². The molecule has 1 rings (SSSR count). The number of ether oxygens (including phenoxy) is 1. The first-order valence-corrected chi connectivity index (χ1v) is 5.67. The summed E-state index contributed by atoms with van der Waals surface area (Å²) in [6.07, 6.45) is 1.03. The number of amidine groups is 1. The zero-order valence-electron chi connectivity index (χ0n) is 8.54. The van der Waals surface area contributed by atoms with Crippen LogP contribution in [0.25, 0.3) is 0 Å². The molecular weight excluding hydrogens is 184 g/mol. The highest BCUT2D eigenvalue weighted by Crippen LogP contribution is 2.16. The molecule has 13 heavy (non-hydrogen) atoms. The Morgan fingerprint density at radius 2 is 2.54 bits per heavy atom. The second kappa shape index (κ2) is 5.50. The Morgan fingerprint density at radius 3 is 3.08 bits per heavy atom. The summed E-state index contributed by atoms with van der Waals surface area (Å²) in [7, 11) is 1.73. The number of methoxy groups -OCH3 is 1. The lowest BCUT2D eigenvalue weighted by atomic mass is 10.2. The third kappa shape index (κ3) is 4.00. The van der Waals surface area contributed by atoms with E-state index in [1.807, 2.05) is 11.8 Å². The lowest BCUT2D eigenvalue weighted by Gasteiger charge is -2.13. The first-order valence-electron chi connectivity index (χ1n) is 4.68. The molecule has 0 spiro atoms. The van der Waals surface area contributed by atoms with Gasteiger partial charge in [0, 0.05) is 25.5 Å². The SMILES string of the molecule is COCCC(C)NC1=NC(C)CS1. The maximum absolute atomic E-state index is 5.01. The van der Waals surface area contributed by atoms with Crippen LogP contribution in [0.3, 0.4) is 0 Å². The van der Waals surface area contributed by atoms with Gasteiger partial charge in [-0.2, -0.15) is 0 Å². The van der Waals surface area contributed by atoms with E-state index in [1.54, 1.807) is 7.11 Å². The zero-order chi connectivity index (χ0) is 9.68. The van der Waals surface area contributed by atoms with E-state index in [4.69, 9.17) is 4.74 Å². The van der Waals surface area contributed by atoms with E-state index in [0.717, 1.165) is 23.9 Å². The molecule has 0 aromatic heterocycles. The van der Waals surface area contributed by atoms with Gasteiger partial charge in [-0.15, -0.1) is 0 Å². The molecule has 0 saturated heterocycles. The molecule has 2 atom stereocenters. The van der Waals surface area contributed by atoms with Gasteiger partial charge in [-0.05, 0) is 20.3 Å². The van der Waals surface area contributed by atoms with E-state index in [1.165, 1.54) is 0 Å². The number of aliphatic imine (C=N–C) groups is 1. The van der Waals surface area contributed by atoms with Crippen LogP contribution in [0, 0.1) is 0 Å². The quantitative estimate of drug-likeness (QED) is 0.750. The van der Waals surface area contributed by atoms with Crippen LogP contribution in [0.15, 0.2) is 4.99 Å². The maximum atomic E-state index is 5.01. The van der Waals surface area contributed by atoms with E-state index < -0.39 is 0 Å². The van der Waals surface area contributed by atoms with Crippen molar-refractivity contribution >= 4 is 16.9 Å². The lowest BCUT2D eigenvalue weighted by molar-refractivity contribution is 0.187. The molecule has 0 amide bonds. The fourth-order valence-electron chi connectivity index (χ4n) is 1.13. The molecular formula is C9H18N2OS.